The van der Waals surface area contributed by atoms with Crippen molar-refractivity contribution < 1.29 is 19.1 Å². The molecule has 0 fully saturated rings. The number of ether oxygens (including phenoxy) is 2. The fourth-order valence-corrected chi connectivity index (χ4v) is 2.60. The van der Waals surface area contributed by atoms with Crippen LogP contribution < -0.4 is 10.1 Å². The van der Waals surface area contributed by atoms with Gasteiger partial charge in [-0.3, -0.25) is 9.59 Å². The number of hydrogen-bond acceptors (Lipinski definition) is 4. The Balaban J connectivity index is 1.89. The van der Waals surface area contributed by atoms with Crippen LogP contribution in [0.5, 0.6) is 5.75 Å². The van der Waals surface area contributed by atoms with Crippen LogP contribution in [0, 0.1) is 0 Å². The van der Waals surface area contributed by atoms with Gasteiger partial charge in [-0.1, -0.05) is 53.0 Å². The Hall–Kier alpha value is -1.95. The van der Waals surface area contributed by atoms with Crippen LogP contribution in [0.15, 0.2) is 36.4 Å². The zero-order chi connectivity index (χ0) is 18.4. The predicted molar refractivity (Wildman–Crippen MR) is 97.8 cm³/mol. The number of para-hydroxylation sites is 1. The van der Waals surface area contributed by atoms with Gasteiger partial charge in [0.2, 0.25) is 0 Å². The average Bonchev–Trinajstić information content (AvgIpc) is 2.58. The van der Waals surface area contributed by atoms with Crippen molar-refractivity contribution in [3.63, 3.8) is 0 Å². The van der Waals surface area contributed by atoms with E-state index in [1.54, 1.807) is 24.3 Å². The highest BCUT2D eigenvalue weighted by atomic mass is 35.5. The van der Waals surface area contributed by atoms with E-state index in [9.17, 15) is 9.59 Å². The van der Waals surface area contributed by atoms with E-state index in [0.717, 1.165) is 0 Å². The Labute approximate surface area is 159 Å². The first kappa shape index (κ1) is 19.4. The maximum Gasteiger partial charge on any atom is 0.310 e. The average molecular weight is 403 g/mol. The van der Waals surface area contributed by atoms with Gasteiger partial charge in [-0.2, -0.15) is 0 Å². The highest BCUT2D eigenvalue weighted by molar-refractivity contribution is 6.44. The molecule has 1 amide bonds. The third kappa shape index (κ3) is 5.53. The molecule has 0 aliphatic rings. The summed E-state index contributed by atoms with van der Waals surface area (Å²) in [7, 11) is 1.51. The molecule has 132 valence electrons. The number of hydrogen-bond donors (Lipinski definition) is 1. The van der Waals surface area contributed by atoms with Crippen molar-refractivity contribution in [1.82, 2.24) is 0 Å². The lowest BCUT2D eigenvalue weighted by atomic mass is 10.1. The van der Waals surface area contributed by atoms with Crippen LogP contribution >= 0.6 is 34.8 Å². The molecule has 1 N–H and O–H groups in total. The van der Waals surface area contributed by atoms with Crippen LogP contribution in [-0.4, -0.2) is 25.6 Å². The molecule has 2 rings (SSSR count). The first-order chi connectivity index (χ1) is 11.9. The number of methoxy groups -OCH3 is 1. The van der Waals surface area contributed by atoms with Gasteiger partial charge < -0.3 is 14.8 Å². The largest absolute Gasteiger partial charge is 0.496 e. The van der Waals surface area contributed by atoms with Crippen LogP contribution in [0.3, 0.4) is 0 Å². The summed E-state index contributed by atoms with van der Waals surface area (Å²) < 4.78 is 10.1. The molecule has 2 aromatic carbocycles. The predicted octanol–water partition coefficient (Wildman–Crippen LogP) is 4.38. The zero-order valence-electron chi connectivity index (χ0n) is 13.1. The second-order valence-electron chi connectivity index (χ2n) is 4.94. The first-order valence-electron chi connectivity index (χ1n) is 7.12. The lowest BCUT2D eigenvalue weighted by Crippen LogP contribution is -2.22. The van der Waals surface area contributed by atoms with Gasteiger partial charge in [0.05, 0.1) is 34.3 Å². The summed E-state index contributed by atoms with van der Waals surface area (Å²) in [6.07, 6.45) is -0.00910. The van der Waals surface area contributed by atoms with E-state index in [0.29, 0.717) is 11.3 Å². The minimum Gasteiger partial charge on any atom is -0.496 e. The fraction of sp³-hybridized carbons (Fsp3) is 0.176. The maximum absolute atomic E-state index is 11.9. The quantitative estimate of drug-likeness (QED) is 0.575. The molecule has 0 unspecified atom stereocenters. The summed E-state index contributed by atoms with van der Waals surface area (Å²) in [6, 6.07) is 9.89. The highest BCUT2D eigenvalue weighted by Crippen LogP contribution is 2.32. The number of carbonyl (C=O) groups excluding carboxylic acids is 2. The number of carbonyl (C=O) groups is 2. The van der Waals surface area contributed by atoms with Crippen LogP contribution in [0.1, 0.15) is 5.56 Å². The number of benzene rings is 2. The van der Waals surface area contributed by atoms with E-state index in [-0.39, 0.29) is 27.2 Å². The Morgan fingerprint density at radius 1 is 1.04 bits per heavy atom. The van der Waals surface area contributed by atoms with Crippen molar-refractivity contribution in [3.05, 3.63) is 57.0 Å². The van der Waals surface area contributed by atoms with Gasteiger partial charge in [-0.05, 0) is 18.2 Å². The Bertz CT molecular complexity index is 795. The summed E-state index contributed by atoms with van der Waals surface area (Å²) in [5, 5.41) is 3.25. The molecular weight excluding hydrogens is 389 g/mol. The molecule has 0 spiro atoms. The SMILES string of the molecule is COc1ccccc1CC(=O)OCC(=O)Nc1cc(Cl)c(Cl)cc1Cl. The first-order valence-corrected chi connectivity index (χ1v) is 8.26. The fourth-order valence-electron chi connectivity index (χ4n) is 2.01. The molecule has 2 aromatic rings. The number of anilines is 1. The van der Waals surface area contributed by atoms with Gasteiger partial charge in [0.15, 0.2) is 6.61 Å². The van der Waals surface area contributed by atoms with Gasteiger partial charge in [0.25, 0.3) is 5.91 Å². The number of rotatable bonds is 6. The minimum atomic E-state index is -0.556. The van der Waals surface area contributed by atoms with Crippen LogP contribution in [0.25, 0.3) is 0 Å². The maximum atomic E-state index is 11.9. The van der Waals surface area contributed by atoms with Crippen LogP contribution in [0.4, 0.5) is 5.69 Å². The minimum absolute atomic E-state index is 0.00910. The van der Waals surface area contributed by atoms with Gasteiger partial charge in [0, 0.05) is 5.56 Å². The van der Waals surface area contributed by atoms with Crippen molar-refractivity contribution in [2.75, 3.05) is 19.0 Å². The summed E-state index contributed by atoms with van der Waals surface area (Å²) >= 11 is 17.7. The number of esters is 1. The molecule has 0 saturated heterocycles. The molecule has 25 heavy (non-hydrogen) atoms. The van der Waals surface area contributed by atoms with Gasteiger partial charge >= 0.3 is 5.97 Å². The molecule has 0 aromatic heterocycles. The number of nitrogens with one attached hydrogen (secondary N) is 1. The lowest BCUT2D eigenvalue weighted by Gasteiger charge is -2.10. The summed E-state index contributed by atoms with van der Waals surface area (Å²) in [5.74, 6) is -0.528. The molecule has 0 aliphatic carbocycles. The second-order valence-corrected chi connectivity index (χ2v) is 6.17. The Morgan fingerprint density at radius 2 is 1.72 bits per heavy atom. The second kappa shape index (κ2) is 8.94. The highest BCUT2D eigenvalue weighted by Gasteiger charge is 2.13. The Morgan fingerprint density at radius 3 is 2.44 bits per heavy atom. The molecule has 0 bridgehead atoms. The van der Waals surface area contributed by atoms with E-state index in [4.69, 9.17) is 44.3 Å². The van der Waals surface area contributed by atoms with Gasteiger partial charge in [-0.15, -0.1) is 0 Å². The number of halogens is 3. The Kier molecular flexibility index (Phi) is 6.93. The summed E-state index contributed by atoms with van der Waals surface area (Å²) in [4.78, 5) is 23.8. The van der Waals surface area contributed by atoms with Crippen molar-refractivity contribution >= 4 is 52.4 Å². The number of amides is 1. The van der Waals surface area contributed by atoms with E-state index in [1.165, 1.54) is 19.2 Å². The van der Waals surface area contributed by atoms with Gasteiger partial charge in [0.1, 0.15) is 5.75 Å². The smallest absolute Gasteiger partial charge is 0.310 e. The van der Waals surface area contributed by atoms with E-state index in [2.05, 4.69) is 5.32 Å². The van der Waals surface area contributed by atoms with Gasteiger partial charge in [-0.25, -0.2) is 0 Å². The lowest BCUT2D eigenvalue weighted by molar-refractivity contribution is -0.146. The summed E-state index contributed by atoms with van der Waals surface area (Å²) in [6.45, 7) is -0.454. The van der Waals surface area contributed by atoms with Crippen molar-refractivity contribution in [2.45, 2.75) is 6.42 Å². The van der Waals surface area contributed by atoms with E-state index < -0.39 is 18.5 Å². The standard InChI is InChI=1S/C17H14Cl3NO4/c1-24-15-5-3-2-4-10(15)6-17(23)25-9-16(22)21-14-8-12(19)11(18)7-13(14)20/h2-5,7-8H,6,9H2,1H3,(H,21,22). The molecule has 0 atom stereocenters. The van der Waals surface area contributed by atoms with Crippen LogP contribution in [-0.2, 0) is 20.7 Å². The van der Waals surface area contributed by atoms with Crippen molar-refractivity contribution in [1.29, 1.82) is 0 Å². The van der Waals surface area contributed by atoms with E-state index in [1.807, 2.05) is 0 Å². The normalized spacial score (nSPS) is 10.2. The van der Waals surface area contributed by atoms with E-state index >= 15 is 0 Å². The topological polar surface area (TPSA) is 64.6 Å². The molecule has 0 saturated carbocycles. The molecule has 0 aliphatic heterocycles. The van der Waals surface area contributed by atoms with Crippen molar-refractivity contribution in [3.8, 4) is 5.75 Å². The monoisotopic (exact) mass is 401 g/mol. The zero-order valence-corrected chi connectivity index (χ0v) is 15.4. The molecular formula is C17H14Cl3NO4. The van der Waals surface area contributed by atoms with Crippen molar-refractivity contribution in [2.24, 2.45) is 0 Å². The van der Waals surface area contributed by atoms with Crippen LogP contribution in [0.2, 0.25) is 15.1 Å². The summed E-state index contributed by atoms with van der Waals surface area (Å²) in [5.41, 5.74) is 0.949. The molecule has 5 nitrogen and oxygen atoms in total. The third-order valence-corrected chi connectivity index (χ3v) is 4.21. The molecule has 0 radical (unpaired) electrons. The molecule has 0 heterocycles. The molecule has 8 heteroatoms. The third-order valence-electron chi connectivity index (χ3n) is 3.18.